The van der Waals surface area contributed by atoms with Crippen molar-refractivity contribution in [2.75, 3.05) is 7.05 Å². The van der Waals surface area contributed by atoms with Gasteiger partial charge in [-0.2, -0.15) is 5.10 Å². The van der Waals surface area contributed by atoms with Gasteiger partial charge in [-0.15, -0.1) is 0 Å². The average molecular weight is 274 g/mol. The summed E-state index contributed by atoms with van der Waals surface area (Å²) in [5.41, 5.74) is 1.23. The van der Waals surface area contributed by atoms with E-state index in [4.69, 9.17) is 0 Å². The van der Waals surface area contributed by atoms with Crippen molar-refractivity contribution in [3.05, 3.63) is 16.4 Å². The minimum absolute atomic E-state index is 0.384. The van der Waals surface area contributed by atoms with Crippen molar-refractivity contribution in [2.24, 2.45) is 13.0 Å². The van der Waals surface area contributed by atoms with Gasteiger partial charge in [-0.05, 0) is 41.7 Å². The van der Waals surface area contributed by atoms with E-state index in [1.807, 2.05) is 25.0 Å². The first-order chi connectivity index (χ1) is 7.06. The van der Waals surface area contributed by atoms with E-state index < -0.39 is 0 Å². The standard InChI is InChI=1S/C11H20BrN3/c1-8(2)5-6-10(13-3)11-9(12)7-14-15(11)4/h7-8,10,13H,5-6H2,1-4H3. The summed E-state index contributed by atoms with van der Waals surface area (Å²) in [6.07, 6.45) is 4.23. The Labute approximate surface area is 100 Å². The lowest BCUT2D eigenvalue weighted by atomic mass is 10.0. The molecule has 1 aromatic rings. The number of hydrogen-bond acceptors (Lipinski definition) is 2. The molecule has 1 aromatic heterocycles. The van der Waals surface area contributed by atoms with Crippen molar-refractivity contribution in [1.29, 1.82) is 0 Å². The van der Waals surface area contributed by atoms with E-state index in [0.717, 1.165) is 16.8 Å². The summed E-state index contributed by atoms with van der Waals surface area (Å²) in [6, 6.07) is 0.384. The van der Waals surface area contributed by atoms with E-state index in [1.54, 1.807) is 0 Å². The molecule has 0 saturated heterocycles. The second kappa shape index (κ2) is 5.66. The van der Waals surface area contributed by atoms with Crippen LogP contribution < -0.4 is 5.32 Å². The van der Waals surface area contributed by atoms with Gasteiger partial charge in [0.2, 0.25) is 0 Å². The summed E-state index contributed by atoms with van der Waals surface area (Å²) >= 11 is 3.54. The Kier molecular flexibility index (Phi) is 4.80. The molecule has 0 saturated carbocycles. The third-order valence-corrected chi connectivity index (χ3v) is 3.26. The molecular formula is C11H20BrN3. The predicted molar refractivity (Wildman–Crippen MR) is 66.8 cm³/mol. The lowest BCUT2D eigenvalue weighted by Crippen LogP contribution is -2.20. The summed E-state index contributed by atoms with van der Waals surface area (Å²) in [6.45, 7) is 4.51. The smallest absolute Gasteiger partial charge is 0.0692 e. The van der Waals surface area contributed by atoms with E-state index in [1.165, 1.54) is 12.1 Å². The van der Waals surface area contributed by atoms with Crippen LogP contribution >= 0.6 is 15.9 Å². The zero-order valence-electron chi connectivity index (χ0n) is 9.92. The molecule has 0 aliphatic carbocycles. The van der Waals surface area contributed by atoms with Gasteiger partial charge in [0.25, 0.3) is 0 Å². The molecule has 1 atom stereocenters. The Morgan fingerprint density at radius 2 is 2.13 bits per heavy atom. The van der Waals surface area contributed by atoms with Gasteiger partial charge in [-0.25, -0.2) is 0 Å². The molecule has 15 heavy (non-hydrogen) atoms. The van der Waals surface area contributed by atoms with E-state index in [9.17, 15) is 0 Å². The van der Waals surface area contributed by atoms with Crippen LogP contribution in [-0.4, -0.2) is 16.8 Å². The second-order valence-electron chi connectivity index (χ2n) is 4.31. The van der Waals surface area contributed by atoms with E-state index in [0.29, 0.717) is 6.04 Å². The first kappa shape index (κ1) is 12.7. The largest absolute Gasteiger partial charge is 0.312 e. The van der Waals surface area contributed by atoms with Gasteiger partial charge < -0.3 is 5.32 Å². The zero-order chi connectivity index (χ0) is 11.4. The van der Waals surface area contributed by atoms with Gasteiger partial charge >= 0.3 is 0 Å². The lowest BCUT2D eigenvalue weighted by molar-refractivity contribution is 0.443. The highest BCUT2D eigenvalue weighted by Crippen LogP contribution is 2.26. The lowest BCUT2D eigenvalue weighted by Gasteiger charge is -2.18. The zero-order valence-corrected chi connectivity index (χ0v) is 11.5. The molecule has 0 bridgehead atoms. The highest BCUT2D eigenvalue weighted by Gasteiger charge is 2.17. The van der Waals surface area contributed by atoms with Gasteiger partial charge in [-0.3, -0.25) is 4.68 Å². The van der Waals surface area contributed by atoms with Crippen molar-refractivity contribution in [3.63, 3.8) is 0 Å². The normalized spacial score (nSPS) is 13.5. The van der Waals surface area contributed by atoms with E-state index >= 15 is 0 Å². The van der Waals surface area contributed by atoms with Crippen molar-refractivity contribution in [3.8, 4) is 0 Å². The molecule has 1 unspecified atom stereocenters. The molecule has 0 spiro atoms. The Morgan fingerprint density at radius 1 is 1.47 bits per heavy atom. The first-order valence-electron chi connectivity index (χ1n) is 5.41. The Bertz CT molecular complexity index is 287. The minimum Gasteiger partial charge on any atom is -0.312 e. The Hall–Kier alpha value is -0.350. The molecule has 1 rings (SSSR count). The second-order valence-corrected chi connectivity index (χ2v) is 5.17. The molecule has 86 valence electrons. The Morgan fingerprint density at radius 3 is 2.53 bits per heavy atom. The van der Waals surface area contributed by atoms with Gasteiger partial charge in [0, 0.05) is 7.05 Å². The van der Waals surface area contributed by atoms with Crippen LogP contribution in [-0.2, 0) is 7.05 Å². The van der Waals surface area contributed by atoms with Crippen molar-refractivity contribution in [2.45, 2.75) is 32.7 Å². The van der Waals surface area contributed by atoms with Crippen LogP contribution in [0.4, 0.5) is 0 Å². The average Bonchev–Trinajstić information content (AvgIpc) is 2.49. The summed E-state index contributed by atoms with van der Waals surface area (Å²) in [7, 11) is 3.99. The molecule has 0 amide bonds. The molecule has 4 heteroatoms. The van der Waals surface area contributed by atoms with E-state index in [-0.39, 0.29) is 0 Å². The van der Waals surface area contributed by atoms with Crippen LogP contribution in [0.15, 0.2) is 10.7 Å². The first-order valence-corrected chi connectivity index (χ1v) is 6.20. The fraction of sp³-hybridized carbons (Fsp3) is 0.727. The van der Waals surface area contributed by atoms with Gasteiger partial charge in [0.1, 0.15) is 0 Å². The van der Waals surface area contributed by atoms with Gasteiger partial charge in [-0.1, -0.05) is 13.8 Å². The maximum atomic E-state index is 4.24. The number of rotatable bonds is 5. The molecule has 0 aliphatic rings. The summed E-state index contributed by atoms with van der Waals surface area (Å²) in [4.78, 5) is 0. The van der Waals surface area contributed by atoms with Crippen molar-refractivity contribution >= 4 is 15.9 Å². The molecule has 0 aromatic carbocycles. The number of nitrogens with one attached hydrogen (secondary N) is 1. The highest BCUT2D eigenvalue weighted by molar-refractivity contribution is 9.10. The number of hydrogen-bond donors (Lipinski definition) is 1. The topological polar surface area (TPSA) is 29.9 Å². The fourth-order valence-corrected chi connectivity index (χ4v) is 2.35. The van der Waals surface area contributed by atoms with Crippen molar-refractivity contribution in [1.82, 2.24) is 15.1 Å². The van der Waals surface area contributed by atoms with Crippen LogP contribution in [0, 0.1) is 5.92 Å². The van der Waals surface area contributed by atoms with Crippen LogP contribution in [0.25, 0.3) is 0 Å². The highest BCUT2D eigenvalue weighted by atomic mass is 79.9. The van der Waals surface area contributed by atoms with Crippen molar-refractivity contribution < 1.29 is 0 Å². The number of halogens is 1. The maximum absolute atomic E-state index is 4.24. The molecule has 0 aliphatic heterocycles. The molecule has 0 fully saturated rings. The van der Waals surface area contributed by atoms with Crippen LogP contribution in [0.5, 0.6) is 0 Å². The third-order valence-electron chi connectivity index (χ3n) is 2.65. The number of aryl methyl sites for hydroxylation is 1. The molecule has 1 N–H and O–H groups in total. The van der Waals surface area contributed by atoms with E-state index in [2.05, 4.69) is 40.2 Å². The SMILES string of the molecule is CNC(CCC(C)C)c1c(Br)cnn1C. The van der Waals surface area contributed by atoms with Crippen LogP contribution in [0.2, 0.25) is 0 Å². The Balaban J connectivity index is 2.74. The quantitative estimate of drug-likeness (QED) is 0.894. The molecule has 1 heterocycles. The number of nitrogens with zero attached hydrogens (tertiary/aromatic N) is 2. The summed E-state index contributed by atoms with van der Waals surface area (Å²) in [5.74, 6) is 0.743. The van der Waals surface area contributed by atoms with Gasteiger partial charge in [0.05, 0.1) is 22.4 Å². The minimum atomic E-state index is 0.384. The maximum Gasteiger partial charge on any atom is 0.0692 e. The van der Waals surface area contributed by atoms with Gasteiger partial charge in [0.15, 0.2) is 0 Å². The predicted octanol–water partition coefficient (Wildman–Crippen LogP) is 2.88. The number of aromatic nitrogens is 2. The summed E-state index contributed by atoms with van der Waals surface area (Å²) in [5, 5.41) is 7.59. The molecular weight excluding hydrogens is 254 g/mol. The fourth-order valence-electron chi connectivity index (χ4n) is 1.73. The summed E-state index contributed by atoms with van der Waals surface area (Å²) < 4.78 is 3.03. The monoisotopic (exact) mass is 273 g/mol. The molecule has 3 nitrogen and oxygen atoms in total. The third kappa shape index (κ3) is 3.31. The molecule has 0 radical (unpaired) electrons. The van der Waals surface area contributed by atoms with Crippen LogP contribution in [0.3, 0.4) is 0 Å². The van der Waals surface area contributed by atoms with Crippen LogP contribution in [0.1, 0.15) is 38.4 Å².